The summed E-state index contributed by atoms with van der Waals surface area (Å²) in [5.74, 6) is -0.180. The predicted molar refractivity (Wildman–Crippen MR) is 74.5 cm³/mol. The first-order valence-corrected chi connectivity index (χ1v) is 7.15. The number of carboxylic acids is 1. The number of aryl methyl sites for hydroxylation is 1. The van der Waals surface area contributed by atoms with Crippen LogP contribution in [-0.4, -0.2) is 25.7 Å². The van der Waals surface area contributed by atoms with Crippen molar-refractivity contribution in [2.45, 2.75) is 39.0 Å². The molecule has 20 heavy (non-hydrogen) atoms. The smallest absolute Gasteiger partial charge is 0.306 e. The topological polar surface area (TPSA) is 67.5 Å². The number of aliphatic carboxylic acids is 1. The molecule has 2 aromatic heterocycles. The van der Waals surface area contributed by atoms with Crippen molar-refractivity contribution in [2.75, 3.05) is 0 Å². The number of carboxylic acid groups (broad SMARTS) is 1. The molecule has 0 radical (unpaired) electrons. The van der Waals surface area contributed by atoms with Crippen LogP contribution >= 0.6 is 0 Å². The third kappa shape index (κ3) is 2.53. The molecule has 1 aliphatic carbocycles. The summed E-state index contributed by atoms with van der Waals surface area (Å²) in [5.41, 5.74) is 3.31. The third-order valence-electron chi connectivity index (χ3n) is 4.34. The summed E-state index contributed by atoms with van der Waals surface area (Å²) in [6, 6.07) is 2.17. The number of hydrogen-bond donors (Lipinski definition) is 1. The maximum Gasteiger partial charge on any atom is 0.306 e. The Kier molecular flexibility index (Phi) is 3.42. The third-order valence-corrected chi connectivity index (χ3v) is 4.34. The van der Waals surface area contributed by atoms with E-state index < -0.39 is 5.97 Å². The van der Waals surface area contributed by atoms with E-state index in [0.29, 0.717) is 5.92 Å². The van der Waals surface area contributed by atoms with Crippen LogP contribution in [0.2, 0.25) is 0 Å². The highest BCUT2D eigenvalue weighted by molar-refractivity contribution is 5.70. The normalized spacial score (nSPS) is 23.1. The van der Waals surface area contributed by atoms with Gasteiger partial charge in [-0.05, 0) is 56.1 Å². The summed E-state index contributed by atoms with van der Waals surface area (Å²) in [6.45, 7) is 2.05. The fourth-order valence-corrected chi connectivity index (χ4v) is 3.22. The maximum absolute atomic E-state index is 11.0. The number of fused-ring (bicyclic) bond motifs is 1. The Morgan fingerprint density at radius 2 is 2.15 bits per heavy atom. The molecule has 3 rings (SSSR count). The van der Waals surface area contributed by atoms with Gasteiger partial charge in [0.25, 0.3) is 0 Å². The molecule has 1 N–H and O–H groups in total. The Bertz CT molecular complexity index is 627. The number of rotatable bonds is 3. The second kappa shape index (κ2) is 5.23. The molecule has 5 nitrogen and oxygen atoms in total. The van der Waals surface area contributed by atoms with E-state index in [2.05, 4.69) is 23.1 Å². The van der Waals surface area contributed by atoms with Gasteiger partial charge >= 0.3 is 5.97 Å². The first-order chi connectivity index (χ1) is 9.63. The minimum atomic E-state index is -0.636. The van der Waals surface area contributed by atoms with Crippen LogP contribution in [-0.2, 0) is 11.2 Å². The summed E-state index contributed by atoms with van der Waals surface area (Å²) in [6.07, 6.45) is 8.25. The van der Waals surface area contributed by atoms with Crippen molar-refractivity contribution in [1.82, 2.24) is 14.6 Å². The van der Waals surface area contributed by atoms with Crippen molar-refractivity contribution in [3.05, 3.63) is 29.7 Å². The molecule has 0 aromatic carbocycles. The molecule has 0 atom stereocenters. The van der Waals surface area contributed by atoms with E-state index in [9.17, 15) is 4.79 Å². The van der Waals surface area contributed by atoms with E-state index in [4.69, 9.17) is 5.11 Å². The van der Waals surface area contributed by atoms with Gasteiger partial charge in [-0.25, -0.2) is 9.50 Å². The van der Waals surface area contributed by atoms with Crippen LogP contribution in [0.3, 0.4) is 0 Å². The van der Waals surface area contributed by atoms with Gasteiger partial charge in [0.05, 0.1) is 5.92 Å². The number of hydrogen-bond acceptors (Lipinski definition) is 3. The van der Waals surface area contributed by atoms with Gasteiger partial charge in [-0.3, -0.25) is 4.79 Å². The lowest BCUT2D eigenvalue weighted by Crippen LogP contribution is -2.22. The molecule has 0 bridgehead atoms. The average molecular weight is 273 g/mol. The zero-order valence-corrected chi connectivity index (χ0v) is 11.6. The minimum absolute atomic E-state index is 0.134. The first kappa shape index (κ1) is 13.1. The zero-order chi connectivity index (χ0) is 14.1. The van der Waals surface area contributed by atoms with Gasteiger partial charge in [-0.2, -0.15) is 5.10 Å². The summed E-state index contributed by atoms with van der Waals surface area (Å²) in [7, 11) is 0. The number of carbonyl (C=O) groups is 1. The molecule has 5 heteroatoms. The van der Waals surface area contributed by atoms with E-state index in [1.54, 1.807) is 6.33 Å². The Morgan fingerprint density at radius 3 is 2.85 bits per heavy atom. The Hall–Kier alpha value is -1.91. The van der Waals surface area contributed by atoms with Crippen molar-refractivity contribution in [3.8, 4) is 0 Å². The highest BCUT2D eigenvalue weighted by atomic mass is 16.4. The summed E-state index contributed by atoms with van der Waals surface area (Å²) in [5, 5.41) is 13.2. The molecule has 1 saturated carbocycles. The highest BCUT2D eigenvalue weighted by Crippen LogP contribution is 2.31. The summed E-state index contributed by atoms with van der Waals surface area (Å²) >= 11 is 0. The fourth-order valence-electron chi connectivity index (χ4n) is 3.22. The number of nitrogens with zero attached hydrogens (tertiary/aromatic N) is 3. The lowest BCUT2D eigenvalue weighted by atomic mass is 9.79. The largest absolute Gasteiger partial charge is 0.481 e. The quantitative estimate of drug-likeness (QED) is 0.932. The van der Waals surface area contributed by atoms with Crippen LogP contribution in [0.15, 0.2) is 18.6 Å². The Labute approximate surface area is 117 Å². The molecule has 2 heterocycles. The van der Waals surface area contributed by atoms with Crippen molar-refractivity contribution in [1.29, 1.82) is 0 Å². The standard InChI is InChI=1S/C15H19N3O2/c1-10-6-12(8-18-14(10)16-9-17-18)7-11-2-4-13(5-3-11)15(19)20/h6,8-9,11,13H,2-5,7H2,1H3,(H,19,20)/t11-,13-. The zero-order valence-electron chi connectivity index (χ0n) is 11.6. The summed E-state index contributed by atoms with van der Waals surface area (Å²) in [4.78, 5) is 15.2. The van der Waals surface area contributed by atoms with Crippen LogP contribution in [0.4, 0.5) is 0 Å². The van der Waals surface area contributed by atoms with Gasteiger partial charge in [0, 0.05) is 6.20 Å². The molecule has 2 aromatic rings. The first-order valence-electron chi connectivity index (χ1n) is 7.15. The number of aromatic nitrogens is 3. The molecule has 106 valence electrons. The Balaban J connectivity index is 1.69. The van der Waals surface area contributed by atoms with E-state index in [1.807, 2.05) is 10.7 Å². The van der Waals surface area contributed by atoms with Gasteiger partial charge in [-0.1, -0.05) is 6.07 Å². The van der Waals surface area contributed by atoms with Crippen LogP contribution < -0.4 is 0 Å². The molecular weight excluding hydrogens is 254 g/mol. The second-order valence-corrected chi connectivity index (χ2v) is 5.82. The van der Waals surface area contributed by atoms with Crippen LogP contribution in [0.1, 0.15) is 36.8 Å². The predicted octanol–water partition coefficient (Wildman–Crippen LogP) is 2.47. The molecule has 1 fully saturated rings. The highest BCUT2D eigenvalue weighted by Gasteiger charge is 2.26. The van der Waals surface area contributed by atoms with Crippen LogP contribution in [0.5, 0.6) is 0 Å². The van der Waals surface area contributed by atoms with Gasteiger partial charge in [0.2, 0.25) is 0 Å². The molecule has 0 aliphatic heterocycles. The van der Waals surface area contributed by atoms with Crippen molar-refractivity contribution in [2.24, 2.45) is 11.8 Å². The van der Waals surface area contributed by atoms with E-state index in [1.165, 1.54) is 5.56 Å². The van der Waals surface area contributed by atoms with Crippen molar-refractivity contribution < 1.29 is 9.90 Å². The van der Waals surface area contributed by atoms with Gasteiger partial charge in [0.15, 0.2) is 5.65 Å². The van der Waals surface area contributed by atoms with Gasteiger partial charge in [0.1, 0.15) is 6.33 Å². The minimum Gasteiger partial charge on any atom is -0.481 e. The lowest BCUT2D eigenvalue weighted by Gasteiger charge is -2.26. The molecule has 1 aliphatic rings. The number of pyridine rings is 1. The second-order valence-electron chi connectivity index (χ2n) is 5.82. The molecule has 0 amide bonds. The van der Waals surface area contributed by atoms with E-state index in [-0.39, 0.29) is 5.92 Å². The monoisotopic (exact) mass is 273 g/mol. The van der Waals surface area contributed by atoms with Crippen molar-refractivity contribution in [3.63, 3.8) is 0 Å². The van der Waals surface area contributed by atoms with Crippen molar-refractivity contribution >= 4 is 11.6 Å². The van der Waals surface area contributed by atoms with Crippen LogP contribution in [0.25, 0.3) is 5.65 Å². The maximum atomic E-state index is 11.0. The van der Waals surface area contributed by atoms with Crippen LogP contribution in [0, 0.1) is 18.8 Å². The Morgan fingerprint density at radius 1 is 1.40 bits per heavy atom. The average Bonchev–Trinajstić information content (AvgIpc) is 2.88. The molecule has 0 unspecified atom stereocenters. The van der Waals surface area contributed by atoms with E-state index in [0.717, 1.165) is 43.3 Å². The molecule has 0 spiro atoms. The fraction of sp³-hybridized carbons (Fsp3) is 0.533. The van der Waals surface area contributed by atoms with Gasteiger partial charge in [-0.15, -0.1) is 0 Å². The lowest BCUT2D eigenvalue weighted by molar-refractivity contribution is -0.143. The van der Waals surface area contributed by atoms with E-state index >= 15 is 0 Å². The van der Waals surface area contributed by atoms with Gasteiger partial charge < -0.3 is 5.11 Å². The molecular formula is C15H19N3O2. The summed E-state index contributed by atoms with van der Waals surface area (Å²) < 4.78 is 1.83. The SMILES string of the molecule is Cc1cc(C[C@H]2CC[C@H](C(=O)O)CC2)cn2ncnc12. The molecule has 0 saturated heterocycles.